The average molecular weight is 314 g/mol. The molecule has 1 rings (SSSR count). The Kier molecular flexibility index (Phi) is 4.93. The summed E-state index contributed by atoms with van der Waals surface area (Å²) in [5.74, 6) is -4.96. The number of carbonyl (C=O) groups is 2. The molecule has 0 heterocycles. The largest absolute Gasteiger partial charge is 0.480 e. The molecule has 110 valence electrons. The lowest BCUT2D eigenvalue weighted by Crippen LogP contribution is -2.43. The summed E-state index contributed by atoms with van der Waals surface area (Å²) >= 11 is 5.62. The zero-order chi connectivity index (χ0) is 15.5. The van der Waals surface area contributed by atoms with Crippen LogP contribution in [0.2, 0.25) is 5.02 Å². The number of benzene rings is 1. The number of rotatable bonds is 4. The van der Waals surface area contributed by atoms with Gasteiger partial charge in [0.05, 0.1) is 6.54 Å². The molecule has 0 bridgehead atoms. The van der Waals surface area contributed by atoms with Crippen molar-refractivity contribution in [3.8, 4) is 0 Å². The Hall–Kier alpha value is -1.83. The van der Waals surface area contributed by atoms with Crippen molar-refractivity contribution < 1.29 is 32.3 Å². The van der Waals surface area contributed by atoms with Crippen LogP contribution >= 0.6 is 11.6 Å². The minimum absolute atomic E-state index is 0.0351. The van der Waals surface area contributed by atoms with E-state index in [1.807, 2.05) is 0 Å². The highest BCUT2D eigenvalue weighted by atomic mass is 35.5. The second-order valence-electron chi connectivity index (χ2n) is 3.75. The minimum atomic E-state index is -5.26. The first kappa shape index (κ1) is 16.2. The van der Waals surface area contributed by atoms with Crippen molar-refractivity contribution in [2.75, 3.05) is 6.54 Å². The molecule has 0 aliphatic rings. The normalized spacial score (nSPS) is 11.2. The standard InChI is InChI=1S/C11H8ClF4NO3/c12-7-2-1-3-8(13)6(7)4-17(5-9(18)19)10(20)11(14,15)16/h1-3H,4-5H2,(H,18,19). The molecule has 4 nitrogen and oxygen atoms in total. The predicted octanol–water partition coefficient (Wildman–Crippen LogP) is 2.45. The molecule has 0 aliphatic heterocycles. The number of nitrogens with zero attached hydrogens (tertiary/aromatic N) is 1. The third-order valence-electron chi connectivity index (χ3n) is 2.27. The van der Waals surface area contributed by atoms with Crippen molar-refractivity contribution in [2.45, 2.75) is 12.7 Å². The van der Waals surface area contributed by atoms with Gasteiger partial charge in [-0.25, -0.2) is 4.39 Å². The van der Waals surface area contributed by atoms with E-state index < -0.39 is 37.0 Å². The number of alkyl halides is 3. The molecule has 0 aliphatic carbocycles. The summed E-state index contributed by atoms with van der Waals surface area (Å²) in [6.45, 7) is -2.11. The van der Waals surface area contributed by atoms with Gasteiger partial charge >= 0.3 is 18.1 Å². The van der Waals surface area contributed by atoms with Crippen LogP contribution in [-0.2, 0) is 16.1 Å². The molecule has 0 radical (unpaired) electrons. The molecule has 0 saturated heterocycles. The van der Waals surface area contributed by atoms with Gasteiger partial charge < -0.3 is 10.0 Å². The van der Waals surface area contributed by atoms with E-state index in [0.29, 0.717) is 0 Å². The molecule has 1 N–H and O–H groups in total. The molecule has 0 saturated carbocycles. The number of aliphatic carboxylic acids is 1. The first-order valence-electron chi connectivity index (χ1n) is 5.13. The summed E-state index contributed by atoms with van der Waals surface area (Å²) in [7, 11) is 0. The molecule has 0 atom stereocenters. The van der Waals surface area contributed by atoms with E-state index in [1.165, 1.54) is 12.1 Å². The van der Waals surface area contributed by atoms with Crippen LogP contribution in [0.3, 0.4) is 0 Å². The SMILES string of the molecule is O=C(O)CN(Cc1c(F)cccc1Cl)C(=O)C(F)(F)F. The smallest absolute Gasteiger partial charge is 0.471 e. The second kappa shape index (κ2) is 6.08. The van der Waals surface area contributed by atoms with Gasteiger partial charge in [0.2, 0.25) is 0 Å². The fraction of sp³-hybridized carbons (Fsp3) is 0.273. The maximum absolute atomic E-state index is 13.5. The molecule has 1 aromatic carbocycles. The summed E-state index contributed by atoms with van der Waals surface area (Å²) in [6.07, 6.45) is -5.26. The van der Waals surface area contributed by atoms with Crippen LogP contribution in [0.5, 0.6) is 0 Å². The number of carboxylic acid groups (broad SMARTS) is 1. The molecule has 9 heteroatoms. The predicted molar refractivity (Wildman–Crippen MR) is 60.5 cm³/mol. The summed E-state index contributed by atoms with van der Waals surface area (Å²) in [5, 5.41) is 8.33. The van der Waals surface area contributed by atoms with E-state index in [-0.39, 0.29) is 15.5 Å². The Balaban J connectivity index is 3.07. The van der Waals surface area contributed by atoms with Crippen molar-refractivity contribution in [1.29, 1.82) is 0 Å². The zero-order valence-electron chi connectivity index (χ0n) is 9.75. The molecule has 20 heavy (non-hydrogen) atoms. The summed E-state index contributed by atoms with van der Waals surface area (Å²) in [6, 6.07) is 3.39. The Morgan fingerprint density at radius 1 is 1.30 bits per heavy atom. The van der Waals surface area contributed by atoms with Gasteiger partial charge in [0.25, 0.3) is 0 Å². The molecule has 0 unspecified atom stereocenters. The van der Waals surface area contributed by atoms with Crippen LogP contribution in [0.4, 0.5) is 17.6 Å². The number of carboxylic acids is 1. The van der Waals surface area contributed by atoms with Gasteiger partial charge in [0.15, 0.2) is 0 Å². The van der Waals surface area contributed by atoms with Crippen LogP contribution in [0.25, 0.3) is 0 Å². The highest BCUT2D eigenvalue weighted by molar-refractivity contribution is 6.31. The van der Waals surface area contributed by atoms with Gasteiger partial charge in [-0.15, -0.1) is 0 Å². The van der Waals surface area contributed by atoms with Crippen molar-refractivity contribution in [2.24, 2.45) is 0 Å². The summed E-state index contributed by atoms with van der Waals surface area (Å²) in [4.78, 5) is 21.6. The molecule has 0 fully saturated rings. The Morgan fingerprint density at radius 2 is 1.90 bits per heavy atom. The second-order valence-corrected chi connectivity index (χ2v) is 4.16. The lowest BCUT2D eigenvalue weighted by atomic mass is 10.2. The Morgan fingerprint density at radius 3 is 2.35 bits per heavy atom. The van der Waals surface area contributed by atoms with E-state index in [4.69, 9.17) is 16.7 Å². The molecular formula is C11H8ClF4NO3. The average Bonchev–Trinajstić information content (AvgIpc) is 2.30. The number of hydrogen-bond acceptors (Lipinski definition) is 2. The van der Waals surface area contributed by atoms with Crippen LogP contribution in [0, 0.1) is 5.82 Å². The molecular weight excluding hydrogens is 306 g/mol. The molecule has 0 aromatic heterocycles. The van der Waals surface area contributed by atoms with Crippen molar-refractivity contribution in [1.82, 2.24) is 4.90 Å². The number of carbonyl (C=O) groups excluding carboxylic acids is 1. The van der Waals surface area contributed by atoms with Crippen molar-refractivity contribution >= 4 is 23.5 Å². The number of hydrogen-bond donors (Lipinski definition) is 1. The van der Waals surface area contributed by atoms with Crippen LogP contribution in [-0.4, -0.2) is 34.6 Å². The fourth-order valence-electron chi connectivity index (χ4n) is 1.42. The molecule has 1 amide bonds. The monoisotopic (exact) mass is 313 g/mol. The number of halogens is 5. The van der Waals surface area contributed by atoms with Crippen LogP contribution in [0.15, 0.2) is 18.2 Å². The maximum atomic E-state index is 13.5. The summed E-state index contributed by atoms with van der Waals surface area (Å²) < 4.78 is 50.5. The van der Waals surface area contributed by atoms with Gasteiger partial charge in [-0.1, -0.05) is 17.7 Å². The van der Waals surface area contributed by atoms with Crippen molar-refractivity contribution in [3.05, 3.63) is 34.6 Å². The molecule has 1 aromatic rings. The Labute approximate surface area is 115 Å². The van der Waals surface area contributed by atoms with E-state index in [0.717, 1.165) is 6.07 Å². The molecule has 0 spiro atoms. The quantitative estimate of drug-likeness (QED) is 0.869. The maximum Gasteiger partial charge on any atom is 0.471 e. The highest BCUT2D eigenvalue weighted by Gasteiger charge is 2.43. The van der Waals surface area contributed by atoms with E-state index >= 15 is 0 Å². The lowest BCUT2D eigenvalue weighted by molar-refractivity contribution is -0.187. The van der Waals surface area contributed by atoms with Gasteiger partial charge in [-0.05, 0) is 12.1 Å². The van der Waals surface area contributed by atoms with Gasteiger partial charge in [-0.3, -0.25) is 9.59 Å². The van der Waals surface area contributed by atoms with Crippen LogP contribution in [0.1, 0.15) is 5.56 Å². The minimum Gasteiger partial charge on any atom is -0.480 e. The van der Waals surface area contributed by atoms with E-state index in [9.17, 15) is 27.2 Å². The third kappa shape index (κ3) is 4.09. The van der Waals surface area contributed by atoms with Gasteiger partial charge in [0, 0.05) is 10.6 Å². The van der Waals surface area contributed by atoms with Crippen LogP contribution < -0.4 is 0 Å². The highest BCUT2D eigenvalue weighted by Crippen LogP contribution is 2.24. The third-order valence-corrected chi connectivity index (χ3v) is 2.62. The summed E-state index contributed by atoms with van der Waals surface area (Å²) in [5.41, 5.74) is -0.381. The fourth-order valence-corrected chi connectivity index (χ4v) is 1.64. The van der Waals surface area contributed by atoms with Crippen molar-refractivity contribution in [3.63, 3.8) is 0 Å². The topological polar surface area (TPSA) is 57.6 Å². The number of amides is 1. The van der Waals surface area contributed by atoms with Gasteiger partial charge in [0.1, 0.15) is 12.4 Å². The first-order valence-corrected chi connectivity index (χ1v) is 5.51. The van der Waals surface area contributed by atoms with E-state index in [1.54, 1.807) is 0 Å². The Bertz CT molecular complexity index is 513. The lowest BCUT2D eigenvalue weighted by Gasteiger charge is -2.22. The van der Waals surface area contributed by atoms with E-state index in [2.05, 4.69) is 0 Å². The van der Waals surface area contributed by atoms with Gasteiger partial charge in [-0.2, -0.15) is 13.2 Å². The zero-order valence-corrected chi connectivity index (χ0v) is 10.5. The first-order chi connectivity index (χ1) is 9.12.